The molecule has 0 heterocycles. The fraction of sp³-hybridized carbons (Fsp3) is 0.0189. The van der Waals surface area contributed by atoms with Gasteiger partial charge in [0.25, 0.3) is 0 Å². The number of fused-ring (bicyclic) bond motifs is 6. The summed E-state index contributed by atoms with van der Waals surface area (Å²) >= 11 is 0. The van der Waals surface area contributed by atoms with E-state index in [0.717, 1.165) is 11.3 Å². The third kappa shape index (κ3) is 6.72. The van der Waals surface area contributed by atoms with Crippen LogP contribution < -0.4 is 5.32 Å². The maximum absolute atomic E-state index is 3.50. The van der Waals surface area contributed by atoms with Crippen LogP contribution in [-0.4, -0.2) is 0 Å². The molecule has 1 heteroatoms. The van der Waals surface area contributed by atoms with Gasteiger partial charge in [-0.25, -0.2) is 0 Å². The minimum absolute atomic E-state index is 1.05. The Hall–Kier alpha value is -6.96. The van der Waals surface area contributed by atoms with Gasteiger partial charge in [0.05, 0.1) is 0 Å². The van der Waals surface area contributed by atoms with Crippen LogP contribution in [0.5, 0.6) is 0 Å². The molecule has 0 unspecified atom stereocenters. The molecule has 256 valence electrons. The molecule has 0 amide bonds. The van der Waals surface area contributed by atoms with Crippen molar-refractivity contribution < 1.29 is 0 Å². The first-order valence-corrected chi connectivity index (χ1v) is 18.6. The third-order valence-electron chi connectivity index (χ3n) is 10.5. The molecule has 0 aromatic heterocycles. The smallest absolute Gasteiger partial charge is 0.0385 e. The third-order valence-corrected chi connectivity index (χ3v) is 10.5. The predicted octanol–water partition coefficient (Wildman–Crippen LogP) is 14.7. The lowest BCUT2D eigenvalue weighted by atomic mass is 9.94. The van der Waals surface area contributed by atoms with Crippen molar-refractivity contribution in [3.05, 3.63) is 224 Å². The summed E-state index contributed by atoms with van der Waals surface area (Å²) in [5.74, 6) is 0. The van der Waals surface area contributed by atoms with E-state index in [1.165, 1.54) is 82.0 Å². The van der Waals surface area contributed by atoms with Gasteiger partial charge in [-0.3, -0.25) is 0 Å². The first-order chi connectivity index (χ1) is 26.7. The Bertz CT molecular complexity index is 2890. The number of benzene rings is 9. The normalized spacial score (nSPS) is 12.3. The summed E-state index contributed by atoms with van der Waals surface area (Å²) in [6.07, 6.45) is 8.64. The summed E-state index contributed by atoms with van der Waals surface area (Å²) in [7, 11) is 0. The van der Waals surface area contributed by atoms with Crippen molar-refractivity contribution in [1.29, 1.82) is 0 Å². The quantitative estimate of drug-likeness (QED) is 0.124. The van der Waals surface area contributed by atoms with Gasteiger partial charge in [0.2, 0.25) is 0 Å². The Morgan fingerprint density at radius 2 is 0.926 bits per heavy atom. The largest absolute Gasteiger partial charge is 0.362 e. The topological polar surface area (TPSA) is 12.0 Å². The molecule has 0 aliphatic heterocycles. The van der Waals surface area contributed by atoms with Crippen molar-refractivity contribution in [1.82, 2.24) is 0 Å². The van der Waals surface area contributed by atoms with E-state index in [-0.39, 0.29) is 0 Å². The van der Waals surface area contributed by atoms with E-state index in [2.05, 4.69) is 219 Å². The first-order valence-electron chi connectivity index (χ1n) is 18.6. The number of rotatable bonds is 8. The number of anilines is 1. The van der Waals surface area contributed by atoms with E-state index < -0.39 is 0 Å². The van der Waals surface area contributed by atoms with Crippen molar-refractivity contribution in [2.24, 2.45) is 0 Å². The van der Waals surface area contributed by atoms with E-state index in [1.807, 2.05) is 6.20 Å². The average Bonchev–Trinajstić information content (AvgIpc) is 3.24. The molecule has 9 rings (SSSR count). The molecular formula is C53H39N. The van der Waals surface area contributed by atoms with Crippen molar-refractivity contribution in [3.8, 4) is 22.3 Å². The molecule has 0 saturated heterocycles. The Morgan fingerprint density at radius 3 is 1.65 bits per heavy atom. The second-order valence-corrected chi connectivity index (χ2v) is 13.9. The van der Waals surface area contributed by atoms with E-state index >= 15 is 0 Å². The molecule has 0 aliphatic rings. The number of hydrogen-bond acceptors (Lipinski definition) is 1. The fourth-order valence-corrected chi connectivity index (χ4v) is 7.55. The zero-order valence-corrected chi connectivity index (χ0v) is 30.2. The van der Waals surface area contributed by atoms with Crippen LogP contribution in [0.15, 0.2) is 212 Å². The van der Waals surface area contributed by atoms with Crippen LogP contribution in [0.25, 0.3) is 76.5 Å². The highest BCUT2D eigenvalue weighted by molar-refractivity contribution is 6.09. The number of nitrogens with one attached hydrogen (secondary N) is 1. The SMILES string of the molecule is C/C(=C/C(=C\C=C\Nc1cccc(-c2ccccc2)c1)c1ccc2ccc3ccccc3c2c1)c1ccc(-c2ccc3ccc4ccccc4c3c2)cc1. The molecular weight excluding hydrogens is 651 g/mol. The Morgan fingerprint density at radius 1 is 0.407 bits per heavy atom. The van der Waals surface area contributed by atoms with Crippen molar-refractivity contribution in [2.45, 2.75) is 6.92 Å². The molecule has 54 heavy (non-hydrogen) atoms. The molecule has 0 atom stereocenters. The Labute approximate surface area is 316 Å². The number of hydrogen-bond donors (Lipinski definition) is 1. The van der Waals surface area contributed by atoms with Gasteiger partial charge in [-0.15, -0.1) is 0 Å². The summed E-state index contributed by atoms with van der Waals surface area (Å²) in [5.41, 5.74) is 10.6. The van der Waals surface area contributed by atoms with Crippen molar-refractivity contribution in [2.75, 3.05) is 5.32 Å². The molecule has 9 aromatic carbocycles. The van der Waals surface area contributed by atoms with Gasteiger partial charge in [-0.2, -0.15) is 0 Å². The lowest BCUT2D eigenvalue weighted by Crippen LogP contribution is -1.89. The summed E-state index contributed by atoms with van der Waals surface area (Å²) in [6.45, 7) is 2.21. The van der Waals surface area contributed by atoms with Crippen molar-refractivity contribution >= 4 is 59.9 Å². The molecule has 0 fully saturated rings. The lowest BCUT2D eigenvalue weighted by molar-refractivity contribution is 1.55. The fourth-order valence-electron chi connectivity index (χ4n) is 7.55. The van der Waals surface area contributed by atoms with Gasteiger partial charge in [0, 0.05) is 11.9 Å². The van der Waals surface area contributed by atoms with Gasteiger partial charge < -0.3 is 5.32 Å². The van der Waals surface area contributed by atoms with Crippen LogP contribution in [0.2, 0.25) is 0 Å². The van der Waals surface area contributed by atoms with E-state index in [0.29, 0.717) is 0 Å². The average molecular weight is 690 g/mol. The van der Waals surface area contributed by atoms with Crippen LogP contribution >= 0.6 is 0 Å². The summed E-state index contributed by atoms with van der Waals surface area (Å²) in [6, 6.07) is 67.8. The first kappa shape index (κ1) is 32.9. The molecule has 0 radical (unpaired) electrons. The molecule has 0 aliphatic carbocycles. The predicted molar refractivity (Wildman–Crippen MR) is 235 cm³/mol. The van der Waals surface area contributed by atoms with Crippen LogP contribution in [0.1, 0.15) is 18.1 Å². The van der Waals surface area contributed by atoms with Crippen LogP contribution in [-0.2, 0) is 0 Å². The van der Waals surface area contributed by atoms with Crippen molar-refractivity contribution in [3.63, 3.8) is 0 Å². The zero-order chi connectivity index (χ0) is 36.3. The number of allylic oxidation sites excluding steroid dienone is 5. The van der Waals surface area contributed by atoms with Gasteiger partial charge in [0.15, 0.2) is 0 Å². The van der Waals surface area contributed by atoms with Crippen LogP contribution in [0, 0.1) is 0 Å². The zero-order valence-electron chi connectivity index (χ0n) is 30.2. The lowest BCUT2D eigenvalue weighted by Gasteiger charge is -2.11. The second-order valence-electron chi connectivity index (χ2n) is 13.9. The van der Waals surface area contributed by atoms with Crippen LogP contribution in [0.4, 0.5) is 5.69 Å². The Kier molecular flexibility index (Phi) is 8.89. The molecule has 0 saturated carbocycles. The van der Waals surface area contributed by atoms with Gasteiger partial charge in [0.1, 0.15) is 0 Å². The summed E-state index contributed by atoms with van der Waals surface area (Å²) < 4.78 is 0. The molecule has 1 N–H and O–H groups in total. The highest BCUT2D eigenvalue weighted by Crippen LogP contribution is 2.33. The minimum atomic E-state index is 1.05. The standard InChI is InChI=1S/C53H39N/c1-37(38-20-22-40(23-21-38)47-30-28-43-26-24-41-13-5-7-18-50(41)52(43)35-47)33-45(48-31-29-44-27-25-42-14-6-8-19-51(42)53(44)36-48)16-10-32-54-49-17-9-15-46(34-49)39-11-3-2-4-12-39/h2-36,54H,1H3/b32-10+,37-33-,45-16+. The van der Waals surface area contributed by atoms with Crippen LogP contribution in [0.3, 0.4) is 0 Å². The second kappa shape index (κ2) is 14.6. The van der Waals surface area contributed by atoms with Gasteiger partial charge in [-0.1, -0.05) is 176 Å². The van der Waals surface area contributed by atoms with Gasteiger partial charge >= 0.3 is 0 Å². The van der Waals surface area contributed by atoms with E-state index in [1.54, 1.807) is 0 Å². The van der Waals surface area contributed by atoms with Gasteiger partial charge in [-0.05, 0) is 125 Å². The minimum Gasteiger partial charge on any atom is -0.362 e. The molecule has 9 aromatic rings. The highest BCUT2D eigenvalue weighted by Gasteiger charge is 2.08. The maximum Gasteiger partial charge on any atom is 0.0385 e. The summed E-state index contributed by atoms with van der Waals surface area (Å²) in [4.78, 5) is 0. The molecule has 1 nitrogen and oxygen atoms in total. The maximum atomic E-state index is 3.50. The molecule has 0 spiro atoms. The Balaban J connectivity index is 1.05. The van der Waals surface area contributed by atoms with E-state index in [9.17, 15) is 0 Å². The summed E-state index contributed by atoms with van der Waals surface area (Å²) in [5, 5.41) is 13.6. The monoisotopic (exact) mass is 689 g/mol. The molecule has 0 bridgehead atoms. The van der Waals surface area contributed by atoms with E-state index in [4.69, 9.17) is 0 Å². The highest BCUT2D eigenvalue weighted by atomic mass is 14.8.